The summed E-state index contributed by atoms with van der Waals surface area (Å²) in [7, 11) is 1.66. The van der Waals surface area contributed by atoms with Gasteiger partial charge in [-0.1, -0.05) is 23.7 Å². The molecule has 2 atom stereocenters. The minimum atomic E-state index is -1.24. The molecule has 2 aliphatic heterocycles. The maximum absolute atomic E-state index is 12.8. The number of fused-ring (bicyclic) bond motifs is 6. The van der Waals surface area contributed by atoms with E-state index in [0.717, 1.165) is 28.7 Å². The topological polar surface area (TPSA) is 87.0 Å². The van der Waals surface area contributed by atoms with Gasteiger partial charge in [0.05, 0.1) is 30.6 Å². The molecule has 0 unspecified atom stereocenters. The van der Waals surface area contributed by atoms with Gasteiger partial charge in [-0.3, -0.25) is 4.79 Å². The summed E-state index contributed by atoms with van der Waals surface area (Å²) in [5, 5.41) is 10.2. The Labute approximate surface area is 214 Å². The van der Waals surface area contributed by atoms with Crippen LogP contribution in [0.15, 0.2) is 53.5 Å². The van der Waals surface area contributed by atoms with Crippen LogP contribution in [-0.4, -0.2) is 48.2 Å². The Morgan fingerprint density at radius 1 is 1.19 bits per heavy atom. The van der Waals surface area contributed by atoms with Gasteiger partial charge < -0.3 is 23.9 Å². The molecule has 0 bridgehead atoms. The summed E-state index contributed by atoms with van der Waals surface area (Å²) >= 11 is 6.31. The summed E-state index contributed by atoms with van der Waals surface area (Å²) in [6.07, 6.45) is 2.20. The Morgan fingerprint density at radius 3 is 2.72 bits per heavy atom. The summed E-state index contributed by atoms with van der Waals surface area (Å²) < 4.78 is 19.5. The summed E-state index contributed by atoms with van der Waals surface area (Å²) in [5.41, 5.74) is 2.91. The number of carboxylic acids is 1. The molecule has 0 amide bonds. The van der Waals surface area contributed by atoms with Crippen molar-refractivity contribution < 1.29 is 24.1 Å². The van der Waals surface area contributed by atoms with Crippen molar-refractivity contribution in [1.29, 1.82) is 0 Å². The van der Waals surface area contributed by atoms with E-state index >= 15 is 0 Å². The van der Waals surface area contributed by atoms with E-state index in [1.54, 1.807) is 7.11 Å². The van der Waals surface area contributed by atoms with E-state index < -0.39 is 17.0 Å². The van der Waals surface area contributed by atoms with Gasteiger partial charge in [0, 0.05) is 54.5 Å². The highest BCUT2D eigenvalue weighted by Gasteiger charge is 2.49. The van der Waals surface area contributed by atoms with Crippen molar-refractivity contribution in [2.45, 2.75) is 37.8 Å². The zero-order valence-electron chi connectivity index (χ0n) is 20.4. The first-order valence-electron chi connectivity index (χ1n) is 11.9. The molecule has 0 aliphatic carbocycles. The minimum absolute atomic E-state index is 0.0404. The quantitative estimate of drug-likeness (QED) is 0.429. The lowest BCUT2D eigenvalue weighted by atomic mass is 9.78. The van der Waals surface area contributed by atoms with Crippen LogP contribution in [0.25, 0.3) is 22.4 Å². The minimum Gasteiger partial charge on any atom is -0.493 e. The van der Waals surface area contributed by atoms with E-state index in [0.29, 0.717) is 36.3 Å². The molecule has 36 heavy (non-hydrogen) atoms. The van der Waals surface area contributed by atoms with Crippen LogP contribution in [0.3, 0.4) is 0 Å². The largest absolute Gasteiger partial charge is 0.493 e. The van der Waals surface area contributed by atoms with Gasteiger partial charge in [0.15, 0.2) is 5.43 Å². The summed E-state index contributed by atoms with van der Waals surface area (Å²) in [5.74, 6) is -0.566. The number of hydrogen-bond acceptors (Lipinski definition) is 5. The number of hydrogen-bond donors (Lipinski definition) is 1. The number of nitrogens with zero attached hydrogens (tertiary/aromatic N) is 1. The van der Waals surface area contributed by atoms with Crippen molar-refractivity contribution in [3.8, 4) is 28.1 Å². The molecule has 1 saturated heterocycles. The van der Waals surface area contributed by atoms with Gasteiger partial charge in [-0.15, -0.1) is 0 Å². The number of benzene rings is 2. The molecule has 0 saturated carbocycles. The van der Waals surface area contributed by atoms with E-state index in [2.05, 4.69) is 0 Å². The lowest BCUT2D eigenvalue weighted by molar-refractivity contribution is 0.0145. The Morgan fingerprint density at radius 2 is 2.00 bits per heavy atom. The Balaban J connectivity index is 1.74. The molecule has 5 rings (SSSR count). The van der Waals surface area contributed by atoms with E-state index in [4.69, 9.17) is 25.8 Å². The number of aromatic carboxylic acids is 1. The predicted molar refractivity (Wildman–Crippen MR) is 137 cm³/mol. The number of pyridine rings is 1. The van der Waals surface area contributed by atoms with Crippen LogP contribution in [0.5, 0.6) is 5.75 Å². The molecule has 1 aromatic heterocycles. The first kappa shape index (κ1) is 24.6. The summed E-state index contributed by atoms with van der Waals surface area (Å²) in [6, 6.07) is 12.8. The normalized spacial score (nSPS) is 19.3. The highest BCUT2D eigenvalue weighted by atomic mass is 35.5. The maximum Gasteiger partial charge on any atom is 0.341 e. The van der Waals surface area contributed by atoms with E-state index in [9.17, 15) is 14.7 Å². The zero-order valence-corrected chi connectivity index (χ0v) is 21.2. The van der Waals surface area contributed by atoms with Crippen molar-refractivity contribution in [2.24, 2.45) is 0 Å². The first-order chi connectivity index (χ1) is 17.2. The second-order valence-electron chi connectivity index (χ2n) is 9.76. The molecule has 2 aromatic carbocycles. The second kappa shape index (κ2) is 9.39. The number of carbonyl (C=O) groups is 1. The monoisotopic (exact) mass is 509 g/mol. The van der Waals surface area contributed by atoms with Crippen LogP contribution in [0.4, 0.5) is 0 Å². The Hall–Kier alpha value is -3.13. The molecule has 0 spiro atoms. The highest BCUT2D eigenvalue weighted by Crippen LogP contribution is 2.54. The first-order valence-corrected chi connectivity index (χ1v) is 12.3. The summed E-state index contributed by atoms with van der Waals surface area (Å²) in [4.78, 5) is 24.6. The van der Waals surface area contributed by atoms with Crippen LogP contribution in [-0.2, 0) is 9.47 Å². The maximum atomic E-state index is 12.8. The average Bonchev–Trinajstić information content (AvgIpc) is 3.16. The number of methoxy groups -OCH3 is 1. The number of ether oxygens (including phenoxy) is 3. The van der Waals surface area contributed by atoms with Crippen molar-refractivity contribution in [3.05, 3.63) is 75.0 Å². The van der Waals surface area contributed by atoms with Gasteiger partial charge in [-0.2, -0.15) is 0 Å². The lowest BCUT2D eigenvalue weighted by Crippen LogP contribution is -2.36. The standard InChI is InChI=1S/C28H28ClNO6/c1-28(2)26-22(15-36-28)19-12-25(35-9-5-8-34-3)18(16-6-4-7-17(29)10-16)11-20(19)23-13-24(31)21(27(32)33)14-30(23)26/h4,6-7,10-14,22,26H,5,8-9,15H2,1-3H3,(H,32,33)/t22-,26+/m1/s1. The average molecular weight is 510 g/mol. The highest BCUT2D eigenvalue weighted by molar-refractivity contribution is 6.30. The van der Waals surface area contributed by atoms with Gasteiger partial charge >= 0.3 is 5.97 Å². The molecular formula is C28H28ClNO6. The van der Waals surface area contributed by atoms with Crippen LogP contribution in [0.2, 0.25) is 5.02 Å². The lowest BCUT2D eigenvalue weighted by Gasteiger charge is -2.38. The van der Waals surface area contributed by atoms with Crippen molar-refractivity contribution in [3.63, 3.8) is 0 Å². The van der Waals surface area contributed by atoms with Gasteiger partial charge in [0.1, 0.15) is 11.3 Å². The zero-order chi connectivity index (χ0) is 25.6. The van der Waals surface area contributed by atoms with E-state index in [-0.39, 0.29) is 17.5 Å². The molecule has 8 heteroatoms. The van der Waals surface area contributed by atoms with Crippen molar-refractivity contribution in [1.82, 2.24) is 4.57 Å². The molecule has 188 valence electrons. The Kier molecular flexibility index (Phi) is 6.41. The molecular weight excluding hydrogens is 482 g/mol. The van der Waals surface area contributed by atoms with Crippen LogP contribution < -0.4 is 10.2 Å². The third kappa shape index (κ3) is 4.21. The molecule has 0 radical (unpaired) electrons. The van der Waals surface area contributed by atoms with Crippen molar-refractivity contribution in [2.75, 3.05) is 26.9 Å². The third-order valence-corrected chi connectivity index (χ3v) is 7.29. The SMILES string of the molecule is COCCCOc1cc2c(cc1-c1cccc(Cl)c1)-c1cc(=O)c(C(=O)O)cn1[C@H]1[C@@H]2COC1(C)C. The van der Waals surface area contributed by atoms with Crippen LogP contribution in [0, 0.1) is 0 Å². The second-order valence-corrected chi connectivity index (χ2v) is 10.2. The van der Waals surface area contributed by atoms with Gasteiger partial charge in [-0.05, 0) is 49.2 Å². The smallest absolute Gasteiger partial charge is 0.341 e. The number of carboxylic acid groups (broad SMARTS) is 1. The van der Waals surface area contributed by atoms with E-state index in [1.807, 2.05) is 54.8 Å². The molecule has 1 fully saturated rings. The summed E-state index contributed by atoms with van der Waals surface area (Å²) in [6.45, 7) is 5.53. The van der Waals surface area contributed by atoms with Gasteiger partial charge in [-0.25, -0.2) is 4.79 Å². The fourth-order valence-electron chi connectivity index (χ4n) is 5.42. The molecule has 3 heterocycles. The molecule has 2 aliphatic rings. The fourth-order valence-corrected chi connectivity index (χ4v) is 5.61. The van der Waals surface area contributed by atoms with E-state index in [1.165, 1.54) is 12.3 Å². The molecule has 3 aromatic rings. The van der Waals surface area contributed by atoms with Crippen LogP contribution >= 0.6 is 11.6 Å². The predicted octanol–water partition coefficient (Wildman–Crippen LogP) is 5.40. The fraction of sp³-hybridized carbons (Fsp3) is 0.357. The number of aromatic nitrogens is 1. The van der Waals surface area contributed by atoms with Crippen LogP contribution in [0.1, 0.15) is 48.1 Å². The Bertz CT molecular complexity index is 1400. The number of halogens is 1. The number of rotatable bonds is 7. The van der Waals surface area contributed by atoms with Gasteiger partial charge in [0.25, 0.3) is 0 Å². The molecule has 7 nitrogen and oxygen atoms in total. The van der Waals surface area contributed by atoms with Gasteiger partial charge in [0.2, 0.25) is 0 Å². The third-order valence-electron chi connectivity index (χ3n) is 7.05. The van der Waals surface area contributed by atoms with Crippen molar-refractivity contribution >= 4 is 17.6 Å². The molecule has 1 N–H and O–H groups in total.